The molecule has 9 nitrogen and oxygen atoms in total. The van der Waals surface area contributed by atoms with Gasteiger partial charge in [-0.15, -0.1) is 0 Å². The summed E-state index contributed by atoms with van der Waals surface area (Å²) in [6.07, 6.45) is -8.75. The lowest BCUT2D eigenvalue weighted by atomic mass is 9.88. The lowest BCUT2D eigenvalue weighted by Crippen LogP contribution is -2.78. The van der Waals surface area contributed by atoms with E-state index >= 15 is 0 Å². The molecule has 27 heavy (non-hydrogen) atoms. The number of rotatable bonds is 1. The van der Waals surface area contributed by atoms with Crippen molar-refractivity contribution in [3.05, 3.63) is 35.9 Å². The van der Waals surface area contributed by atoms with Crippen molar-refractivity contribution in [2.24, 2.45) is 0 Å². The summed E-state index contributed by atoms with van der Waals surface area (Å²) >= 11 is 0. The van der Waals surface area contributed by atoms with Gasteiger partial charge in [0.15, 0.2) is 18.2 Å². The van der Waals surface area contributed by atoms with E-state index < -0.39 is 54.9 Å². The van der Waals surface area contributed by atoms with Crippen molar-refractivity contribution in [3.63, 3.8) is 0 Å². The highest BCUT2D eigenvalue weighted by molar-refractivity contribution is 5.70. The van der Waals surface area contributed by atoms with Gasteiger partial charge in [-0.2, -0.15) is 0 Å². The van der Waals surface area contributed by atoms with Gasteiger partial charge in [-0.3, -0.25) is 0 Å². The Labute approximate surface area is 156 Å². The van der Waals surface area contributed by atoms with Gasteiger partial charge in [-0.1, -0.05) is 30.3 Å². The summed E-state index contributed by atoms with van der Waals surface area (Å²) in [5, 5.41) is 42.0. The first-order valence-corrected chi connectivity index (χ1v) is 8.65. The van der Waals surface area contributed by atoms with E-state index in [-0.39, 0.29) is 0 Å². The van der Waals surface area contributed by atoms with Crippen molar-refractivity contribution in [1.82, 2.24) is 4.90 Å². The van der Waals surface area contributed by atoms with Gasteiger partial charge in [0.05, 0.1) is 0 Å². The number of aliphatic hydroxyl groups excluding tert-OH is 3. The Morgan fingerprint density at radius 1 is 1.19 bits per heavy atom. The van der Waals surface area contributed by atoms with E-state index in [0.717, 1.165) is 0 Å². The number of likely N-dealkylation sites (tertiary alicyclic amines) is 1. The summed E-state index contributed by atoms with van der Waals surface area (Å²) in [4.78, 5) is 13.1. The van der Waals surface area contributed by atoms with Crippen LogP contribution in [-0.2, 0) is 14.2 Å². The fourth-order valence-corrected chi connectivity index (χ4v) is 3.22. The second kappa shape index (κ2) is 7.01. The van der Waals surface area contributed by atoms with Gasteiger partial charge in [-0.05, 0) is 20.8 Å². The summed E-state index contributed by atoms with van der Waals surface area (Å²) in [6, 6.07) is 8.82. The van der Waals surface area contributed by atoms with Crippen molar-refractivity contribution < 1.29 is 39.4 Å². The van der Waals surface area contributed by atoms with Gasteiger partial charge < -0.3 is 34.6 Å². The minimum Gasteiger partial charge on any atom is -0.444 e. The molecule has 0 saturated carbocycles. The molecule has 150 valence electrons. The Hall–Kier alpha value is -1.75. The Morgan fingerprint density at radius 2 is 1.81 bits per heavy atom. The van der Waals surface area contributed by atoms with Gasteiger partial charge in [0.1, 0.15) is 30.5 Å². The monoisotopic (exact) mass is 383 g/mol. The summed E-state index contributed by atoms with van der Waals surface area (Å²) < 4.78 is 16.5. The minimum absolute atomic E-state index is 0.461. The molecule has 0 bridgehead atoms. The van der Waals surface area contributed by atoms with Gasteiger partial charge in [0, 0.05) is 5.56 Å². The van der Waals surface area contributed by atoms with Crippen LogP contribution in [-0.4, -0.2) is 73.9 Å². The number of benzene rings is 1. The average molecular weight is 383 g/mol. The van der Waals surface area contributed by atoms with E-state index in [1.807, 2.05) is 6.07 Å². The first kappa shape index (κ1) is 20.0. The van der Waals surface area contributed by atoms with Crippen LogP contribution in [0.5, 0.6) is 0 Å². The largest absolute Gasteiger partial charge is 0.444 e. The van der Waals surface area contributed by atoms with Crippen LogP contribution in [0.25, 0.3) is 0 Å². The minimum atomic E-state index is -2.23. The van der Waals surface area contributed by atoms with E-state index in [2.05, 4.69) is 0 Å². The highest BCUT2D eigenvalue weighted by Crippen LogP contribution is 2.41. The zero-order chi connectivity index (χ0) is 20.0. The van der Waals surface area contributed by atoms with E-state index in [4.69, 9.17) is 14.2 Å². The fourth-order valence-electron chi connectivity index (χ4n) is 3.22. The summed E-state index contributed by atoms with van der Waals surface area (Å²) in [7, 11) is 0. The SMILES string of the molecule is CC(C)(C)OC(=O)N1C(O)[C@H](O)[C@@H](O)[C@@H]2OC(c3ccccc3)OC[C@@]21O. The fraction of sp³-hybridized carbons (Fsp3) is 0.611. The summed E-state index contributed by atoms with van der Waals surface area (Å²) in [5.41, 5.74) is -2.51. The van der Waals surface area contributed by atoms with E-state index in [1.165, 1.54) is 0 Å². The molecule has 4 N–H and O–H groups in total. The van der Waals surface area contributed by atoms with Crippen LogP contribution in [0.4, 0.5) is 4.79 Å². The van der Waals surface area contributed by atoms with Crippen molar-refractivity contribution in [2.45, 2.75) is 62.9 Å². The predicted octanol–water partition coefficient (Wildman–Crippen LogP) is 0.0801. The van der Waals surface area contributed by atoms with Crippen LogP contribution in [0.15, 0.2) is 30.3 Å². The topological polar surface area (TPSA) is 129 Å². The number of hydrogen-bond donors (Lipinski definition) is 4. The Bertz CT molecular complexity index is 678. The number of carbonyl (C=O) groups excluding carboxylic acids is 1. The molecule has 2 saturated heterocycles. The number of fused-ring (bicyclic) bond motifs is 1. The highest BCUT2D eigenvalue weighted by atomic mass is 16.7. The molecule has 1 aromatic rings. The standard InChI is InChI=1S/C18H25NO8/c1-17(2,3)27-16(23)19-14(22)12(21)11(20)13-18(19,24)9-25-15(26-13)10-7-5-4-6-8-10/h4-8,11-15,20-22,24H,9H2,1-3H3/t11-,12-,13+,14?,15?,18-/m1/s1. The van der Waals surface area contributed by atoms with E-state index in [1.54, 1.807) is 45.0 Å². The molecule has 0 spiro atoms. The molecule has 0 aliphatic carbocycles. The quantitative estimate of drug-likeness (QED) is 0.537. The van der Waals surface area contributed by atoms with Crippen molar-refractivity contribution in [1.29, 1.82) is 0 Å². The Kier molecular flexibility index (Phi) is 5.19. The van der Waals surface area contributed by atoms with Crippen LogP contribution < -0.4 is 0 Å². The third kappa shape index (κ3) is 3.66. The lowest BCUT2D eigenvalue weighted by molar-refractivity contribution is -0.385. The molecule has 2 heterocycles. The molecule has 0 radical (unpaired) electrons. The van der Waals surface area contributed by atoms with Gasteiger partial charge in [-0.25, -0.2) is 9.69 Å². The molecule has 3 rings (SSSR count). The molecule has 2 unspecified atom stereocenters. The van der Waals surface area contributed by atoms with Crippen LogP contribution in [0.3, 0.4) is 0 Å². The average Bonchev–Trinajstić information content (AvgIpc) is 2.59. The van der Waals surface area contributed by atoms with Crippen molar-refractivity contribution in [2.75, 3.05) is 6.61 Å². The van der Waals surface area contributed by atoms with Crippen LogP contribution in [0, 0.1) is 0 Å². The zero-order valence-corrected chi connectivity index (χ0v) is 15.3. The van der Waals surface area contributed by atoms with E-state index in [9.17, 15) is 25.2 Å². The third-order valence-electron chi connectivity index (χ3n) is 4.48. The second-order valence-electron chi connectivity index (χ2n) is 7.73. The first-order valence-electron chi connectivity index (χ1n) is 8.65. The maximum atomic E-state index is 12.6. The summed E-state index contributed by atoms with van der Waals surface area (Å²) in [5.74, 6) is 0. The molecule has 1 amide bonds. The van der Waals surface area contributed by atoms with Crippen molar-refractivity contribution >= 4 is 6.09 Å². The molecule has 2 aliphatic rings. The maximum Gasteiger partial charge on any atom is 0.414 e. The number of ether oxygens (including phenoxy) is 3. The van der Waals surface area contributed by atoms with Crippen molar-refractivity contribution in [3.8, 4) is 0 Å². The molecule has 9 heteroatoms. The maximum absolute atomic E-state index is 12.6. The Balaban J connectivity index is 1.91. The predicted molar refractivity (Wildman–Crippen MR) is 91.1 cm³/mol. The van der Waals surface area contributed by atoms with Gasteiger partial charge >= 0.3 is 6.09 Å². The van der Waals surface area contributed by atoms with Crippen LogP contribution in [0.2, 0.25) is 0 Å². The molecule has 2 fully saturated rings. The first-order chi connectivity index (χ1) is 12.5. The number of piperidine rings is 1. The molecule has 2 aliphatic heterocycles. The van der Waals surface area contributed by atoms with E-state index in [0.29, 0.717) is 10.5 Å². The lowest BCUT2D eigenvalue weighted by Gasteiger charge is -2.55. The number of amides is 1. The summed E-state index contributed by atoms with van der Waals surface area (Å²) in [6.45, 7) is 4.39. The van der Waals surface area contributed by atoms with Gasteiger partial charge in [0.25, 0.3) is 0 Å². The molecular weight excluding hydrogens is 358 g/mol. The highest BCUT2D eigenvalue weighted by Gasteiger charge is 2.63. The third-order valence-corrected chi connectivity index (χ3v) is 4.48. The number of carbonyl (C=O) groups is 1. The second-order valence-corrected chi connectivity index (χ2v) is 7.73. The van der Waals surface area contributed by atoms with Crippen LogP contribution in [0.1, 0.15) is 32.6 Å². The normalized spacial score (nSPS) is 36.9. The molecule has 1 aromatic carbocycles. The molecule has 6 atom stereocenters. The zero-order valence-electron chi connectivity index (χ0n) is 15.3. The number of hydrogen-bond acceptors (Lipinski definition) is 8. The number of aliphatic hydroxyl groups is 4. The van der Waals surface area contributed by atoms with Crippen LogP contribution >= 0.6 is 0 Å². The smallest absolute Gasteiger partial charge is 0.414 e. The molecular formula is C18H25NO8. The Morgan fingerprint density at radius 3 is 2.41 bits per heavy atom. The van der Waals surface area contributed by atoms with Gasteiger partial charge in [0.2, 0.25) is 0 Å². The number of nitrogens with zero attached hydrogens (tertiary/aromatic N) is 1. The molecule has 0 aromatic heterocycles.